The van der Waals surface area contributed by atoms with Gasteiger partial charge in [-0.15, -0.1) is 0 Å². The van der Waals surface area contributed by atoms with E-state index in [0.29, 0.717) is 4.90 Å². The first-order valence-electron chi connectivity index (χ1n) is 7.95. The van der Waals surface area contributed by atoms with E-state index in [1.165, 1.54) is 12.1 Å². The number of methoxy groups -OCH3 is 1. The van der Waals surface area contributed by atoms with Crippen molar-refractivity contribution in [3.63, 3.8) is 0 Å². The Morgan fingerprint density at radius 1 is 1.32 bits per heavy atom. The van der Waals surface area contributed by atoms with Gasteiger partial charge in [0.1, 0.15) is 18.1 Å². The van der Waals surface area contributed by atoms with Gasteiger partial charge in [-0.3, -0.25) is 9.59 Å². The van der Waals surface area contributed by atoms with Gasteiger partial charge in [-0.1, -0.05) is 0 Å². The van der Waals surface area contributed by atoms with E-state index in [4.69, 9.17) is 0 Å². The lowest BCUT2D eigenvalue weighted by molar-refractivity contribution is -0.143. The molecular formula is C17H18FN3O4. The van der Waals surface area contributed by atoms with Gasteiger partial charge in [0.15, 0.2) is 0 Å². The zero-order valence-corrected chi connectivity index (χ0v) is 13.8. The molecule has 1 N–H and O–H groups in total. The molecule has 0 spiro atoms. The fourth-order valence-electron chi connectivity index (χ4n) is 2.87. The topological polar surface area (TPSA) is 79.0 Å². The number of amides is 3. The molecule has 8 heteroatoms. The summed E-state index contributed by atoms with van der Waals surface area (Å²) < 4.78 is 18.8. The fraction of sp³-hybridized carbons (Fsp3) is 0.353. The SMILES string of the molecule is COC(=O)CN1C(=O)NC(=Cc2ccc(N3CCCC3)cc2F)C1=O. The molecule has 1 aromatic rings. The normalized spacial score (nSPS) is 18.9. The van der Waals surface area contributed by atoms with Gasteiger partial charge >= 0.3 is 12.0 Å². The van der Waals surface area contributed by atoms with Crippen LogP contribution >= 0.6 is 0 Å². The highest BCUT2D eigenvalue weighted by molar-refractivity contribution is 6.15. The molecule has 25 heavy (non-hydrogen) atoms. The van der Waals surface area contributed by atoms with Crippen LogP contribution < -0.4 is 10.2 Å². The molecule has 2 aliphatic heterocycles. The summed E-state index contributed by atoms with van der Waals surface area (Å²) in [5.74, 6) is -1.89. The van der Waals surface area contributed by atoms with Crippen LogP contribution in [0.25, 0.3) is 6.08 Å². The van der Waals surface area contributed by atoms with E-state index in [9.17, 15) is 18.8 Å². The minimum Gasteiger partial charge on any atom is -0.468 e. The summed E-state index contributed by atoms with van der Waals surface area (Å²) >= 11 is 0. The molecule has 2 heterocycles. The van der Waals surface area contributed by atoms with Crippen molar-refractivity contribution in [2.45, 2.75) is 12.8 Å². The summed E-state index contributed by atoms with van der Waals surface area (Å²) in [7, 11) is 1.16. The Balaban J connectivity index is 1.79. The first kappa shape index (κ1) is 16.9. The summed E-state index contributed by atoms with van der Waals surface area (Å²) in [6, 6.07) is 4.04. The molecule has 3 amide bonds. The third-order valence-corrected chi connectivity index (χ3v) is 4.23. The van der Waals surface area contributed by atoms with Crippen molar-refractivity contribution in [1.82, 2.24) is 10.2 Å². The zero-order valence-electron chi connectivity index (χ0n) is 13.8. The molecule has 0 saturated carbocycles. The van der Waals surface area contributed by atoms with Crippen LogP contribution in [0, 0.1) is 5.82 Å². The van der Waals surface area contributed by atoms with Crippen LogP contribution in [0.15, 0.2) is 23.9 Å². The minimum absolute atomic E-state index is 0.0817. The van der Waals surface area contributed by atoms with E-state index in [1.807, 2.05) is 0 Å². The highest BCUT2D eigenvalue weighted by Gasteiger charge is 2.35. The molecule has 1 aromatic carbocycles. The number of ether oxygens (including phenoxy) is 1. The van der Waals surface area contributed by atoms with Gasteiger partial charge in [-0.05, 0) is 37.1 Å². The number of halogens is 1. The molecule has 0 bridgehead atoms. The number of rotatable bonds is 4. The van der Waals surface area contributed by atoms with E-state index in [-0.39, 0.29) is 11.3 Å². The van der Waals surface area contributed by atoms with Crippen LogP contribution in [0.4, 0.5) is 14.9 Å². The Morgan fingerprint density at radius 3 is 2.68 bits per heavy atom. The van der Waals surface area contributed by atoms with Crippen LogP contribution in [0.2, 0.25) is 0 Å². The monoisotopic (exact) mass is 347 g/mol. The van der Waals surface area contributed by atoms with E-state index in [1.54, 1.807) is 12.1 Å². The number of carbonyl (C=O) groups is 3. The fourth-order valence-corrected chi connectivity index (χ4v) is 2.87. The predicted molar refractivity (Wildman–Crippen MR) is 88.1 cm³/mol. The number of imide groups is 1. The second kappa shape index (κ2) is 6.92. The Labute approximate surface area is 144 Å². The number of hydrogen-bond acceptors (Lipinski definition) is 5. The van der Waals surface area contributed by atoms with Crippen molar-refractivity contribution in [2.24, 2.45) is 0 Å². The number of esters is 1. The molecule has 0 unspecified atom stereocenters. The van der Waals surface area contributed by atoms with Crippen LogP contribution in [0.5, 0.6) is 0 Å². The minimum atomic E-state index is -0.740. The molecule has 0 aliphatic carbocycles. The zero-order chi connectivity index (χ0) is 18.0. The average Bonchev–Trinajstić information content (AvgIpc) is 3.21. The van der Waals surface area contributed by atoms with Crippen molar-refractivity contribution in [3.05, 3.63) is 35.3 Å². The van der Waals surface area contributed by atoms with Gasteiger partial charge in [-0.2, -0.15) is 0 Å². The van der Waals surface area contributed by atoms with Gasteiger partial charge in [0, 0.05) is 24.3 Å². The summed E-state index contributed by atoms with van der Waals surface area (Å²) in [5, 5.41) is 2.34. The number of anilines is 1. The molecule has 2 aliphatic rings. The van der Waals surface area contributed by atoms with Crippen LogP contribution in [0.3, 0.4) is 0 Å². The van der Waals surface area contributed by atoms with Gasteiger partial charge in [0.05, 0.1) is 7.11 Å². The third kappa shape index (κ3) is 3.47. The van der Waals surface area contributed by atoms with Crippen molar-refractivity contribution >= 4 is 29.7 Å². The average molecular weight is 347 g/mol. The van der Waals surface area contributed by atoms with Crippen molar-refractivity contribution in [3.8, 4) is 0 Å². The highest BCUT2D eigenvalue weighted by Crippen LogP contribution is 2.24. The summed E-state index contributed by atoms with van der Waals surface area (Å²) in [6.07, 6.45) is 3.44. The molecule has 2 fully saturated rings. The molecule has 7 nitrogen and oxygen atoms in total. The molecule has 0 atom stereocenters. The summed E-state index contributed by atoms with van der Waals surface area (Å²) in [4.78, 5) is 38.1. The molecule has 3 rings (SSSR count). The first-order chi connectivity index (χ1) is 12.0. The second-order valence-corrected chi connectivity index (χ2v) is 5.86. The van der Waals surface area contributed by atoms with E-state index in [2.05, 4.69) is 15.0 Å². The number of nitrogens with one attached hydrogen (secondary N) is 1. The number of hydrogen-bond donors (Lipinski definition) is 1. The van der Waals surface area contributed by atoms with Gasteiger partial charge in [0.25, 0.3) is 5.91 Å². The van der Waals surface area contributed by atoms with Crippen LogP contribution in [-0.4, -0.2) is 49.6 Å². The lowest BCUT2D eigenvalue weighted by Crippen LogP contribution is -2.36. The number of benzene rings is 1. The summed E-state index contributed by atoms with van der Waals surface area (Å²) in [6.45, 7) is 1.31. The third-order valence-electron chi connectivity index (χ3n) is 4.23. The largest absolute Gasteiger partial charge is 0.468 e. The number of carbonyl (C=O) groups excluding carboxylic acids is 3. The number of nitrogens with zero attached hydrogens (tertiary/aromatic N) is 2. The Hall–Kier alpha value is -2.90. The van der Waals surface area contributed by atoms with Crippen LogP contribution in [-0.2, 0) is 14.3 Å². The molecule has 2 saturated heterocycles. The van der Waals surface area contributed by atoms with Crippen molar-refractivity contribution in [2.75, 3.05) is 31.6 Å². The number of urea groups is 1. The molecule has 132 valence electrons. The smallest absolute Gasteiger partial charge is 0.329 e. The Morgan fingerprint density at radius 2 is 2.04 bits per heavy atom. The van der Waals surface area contributed by atoms with E-state index in [0.717, 1.165) is 38.7 Å². The molecular weight excluding hydrogens is 329 g/mol. The Bertz CT molecular complexity index is 756. The van der Waals surface area contributed by atoms with Gasteiger partial charge in [0.2, 0.25) is 0 Å². The molecule has 0 radical (unpaired) electrons. The van der Waals surface area contributed by atoms with Crippen molar-refractivity contribution in [1.29, 1.82) is 0 Å². The maximum atomic E-state index is 14.4. The first-order valence-corrected chi connectivity index (χ1v) is 7.95. The predicted octanol–water partition coefficient (Wildman–Crippen LogP) is 1.49. The highest BCUT2D eigenvalue weighted by atomic mass is 19.1. The van der Waals surface area contributed by atoms with Crippen molar-refractivity contribution < 1.29 is 23.5 Å². The van der Waals surface area contributed by atoms with Gasteiger partial charge in [-0.25, -0.2) is 14.1 Å². The summed E-state index contributed by atoms with van der Waals surface area (Å²) in [5.41, 5.74) is 0.902. The van der Waals surface area contributed by atoms with E-state index < -0.39 is 30.3 Å². The second-order valence-electron chi connectivity index (χ2n) is 5.86. The maximum absolute atomic E-state index is 14.4. The Kier molecular flexibility index (Phi) is 4.69. The lowest BCUT2D eigenvalue weighted by atomic mass is 10.1. The van der Waals surface area contributed by atoms with Gasteiger partial charge < -0.3 is 15.0 Å². The standard InChI is InChI=1S/C17H18FN3O4/c1-25-15(22)10-21-16(23)14(19-17(21)24)8-11-4-5-12(9-13(11)18)20-6-2-3-7-20/h4-5,8-9H,2-3,6-7,10H2,1H3,(H,19,24). The maximum Gasteiger partial charge on any atom is 0.329 e. The lowest BCUT2D eigenvalue weighted by Gasteiger charge is -2.17. The molecule has 0 aromatic heterocycles. The van der Waals surface area contributed by atoms with Crippen LogP contribution in [0.1, 0.15) is 18.4 Å². The quantitative estimate of drug-likeness (QED) is 0.507. The van der Waals surface area contributed by atoms with E-state index >= 15 is 0 Å².